The summed E-state index contributed by atoms with van der Waals surface area (Å²) in [5.41, 5.74) is 3.42. The maximum atomic E-state index is 12.6. The molecular weight excluding hydrogens is 435 g/mol. The highest BCUT2D eigenvalue weighted by molar-refractivity contribution is 6.18. The molecule has 0 fully saturated rings. The molecule has 0 spiro atoms. The average molecular weight is 463 g/mol. The molecule has 0 saturated heterocycles. The van der Waals surface area contributed by atoms with Gasteiger partial charge in [-0.3, -0.25) is 4.79 Å². The van der Waals surface area contributed by atoms with E-state index in [2.05, 4.69) is 10.2 Å². The lowest BCUT2D eigenvalue weighted by molar-refractivity contribution is -0.130. The third-order valence-electron chi connectivity index (χ3n) is 5.15. The third kappa shape index (κ3) is 5.49. The minimum Gasteiger partial charge on any atom is -0.505 e. The summed E-state index contributed by atoms with van der Waals surface area (Å²) in [7, 11) is 0. The zero-order valence-electron chi connectivity index (χ0n) is 18.1. The molecule has 0 radical (unpaired) electrons. The van der Waals surface area contributed by atoms with Crippen LogP contribution in [0, 0.1) is 0 Å². The smallest absolute Gasteiger partial charge is 0.222 e. The molecule has 0 aliphatic rings. The highest BCUT2D eigenvalue weighted by atomic mass is 35.5. The van der Waals surface area contributed by atoms with E-state index in [0.717, 1.165) is 22.2 Å². The van der Waals surface area contributed by atoms with E-state index in [9.17, 15) is 9.90 Å². The standard InChI is InChI=1S/C23H28Cl2N4O2/c1-23(2,3)17-14-16(8-9-21(30)28(12-10-24)13-11-25)15-20(22(17)31)29-26-18-6-4-5-7-19(18)27-29/h4-7,14-15,31H,8-13H2,1-3H3. The molecule has 6 nitrogen and oxygen atoms in total. The molecule has 0 unspecified atom stereocenters. The van der Waals surface area contributed by atoms with Gasteiger partial charge in [0.05, 0.1) is 0 Å². The number of benzene rings is 2. The van der Waals surface area contributed by atoms with Crippen LogP contribution in [-0.4, -0.2) is 55.8 Å². The summed E-state index contributed by atoms with van der Waals surface area (Å²) in [5.74, 6) is 0.905. The second-order valence-electron chi connectivity index (χ2n) is 8.50. The minimum absolute atomic E-state index is 0.0104. The van der Waals surface area contributed by atoms with Crippen LogP contribution in [0.2, 0.25) is 0 Å². The summed E-state index contributed by atoms with van der Waals surface area (Å²) in [6, 6.07) is 11.4. The van der Waals surface area contributed by atoms with Crippen molar-refractivity contribution in [3.63, 3.8) is 0 Å². The molecule has 2 aromatic carbocycles. The molecular formula is C23H28Cl2N4O2. The van der Waals surface area contributed by atoms with E-state index in [1.165, 1.54) is 4.80 Å². The number of alkyl halides is 2. The van der Waals surface area contributed by atoms with Crippen molar-refractivity contribution in [2.24, 2.45) is 0 Å². The lowest BCUT2D eigenvalue weighted by Gasteiger charge is -2.24. The molecule has 1 N–H and O–H groups in total. The van der Waals surface area contributed by atoms with Crippen molar-refractivity contribution < 1.29 is 9.90 Å². The van der Waals surface area contributed by atoms with Crippen LogP contribution in [0.25, 0.3) is 16.7 Å². The van der Waals surface area contributed by atoms with Crippen molar-refractivity contribution in [1.82, 2.24) is 19.9 Å². The summed E-state index contributed by atoms with van der Waals surface area (Å²) in [4.78, 5) is 15.8. The second kappa shape index (κ2) is 9.88. The summed E-state index contributed by atoms with van der Waals surface area (Å²) < 4.78 is 0. The molecule has 1 amide bonds. The number of phenols is 1. The number of halogens is 2. The first-order valence-corrected chi connectivity index (χ1v) is 11.4. The number of carbonyl (C=O) groups is 1. The largest absolute Gasteiger partial charge is 0.505 e. The van der Waals surface area contributed by atoms with Crippen molar-refractivity contribution in [1.29, 1.82) is 0 Å². The van der Waals surface area contributed by atoms with E-state index in [4.69, 9.17) is 23.2 Å². The molecule has 3 rings (SSSR count). The number of aryl methyl sites for hydroxylation is 1. The summed E-state index contributed by atoms with van der Waals surface area (Å²) in [5, 5.41) is 20.1. The number of carbonyl (C=O) groups excluding carboxylic acids is 1. The number of hydrogen-bond donors (Lipinski definition) is 1. The summed E-state index contributed by atoms with van der Waals surface area (Å²) in [6.07, 6.45) is 0.854. The molecule has 1 heterocycles. The highest BCUT2D eigenvalue weighted by Crippen LogP contribution is 2.36. The number of rotatable bonds is 8. The second-order valence-corrected chi connectivity index (χ2v) is 9.25. The first kappa shape index (κ1) is 23.4. The Morgan fingerprint density at radius 3 is 2.16 bits per heavy atom. The molecule has 8 heteroatoms. The number of nitrogens with zero attached hydrogens (tertiary/aromatic N) is 4. The zero-order chi connectivity index (χ0) is 22.6. The first-order chi connectivity index (χ1) is 14.7. The number of hydrogen-bond acceptors (Lipinski definition) is 4. The maximum absolute atomic E-state index is 12.6. The van der Waals surface area contributed by atoms with Crippen LogP contribution in [0.1, 0.15) is 38.3 Å². The normalized spacial score (nSPS) is 11.8. The number of aromatic nitrogens is 3. The van der Waals surface area contributed by atoms with Gasteiger partial charge in [0.25, 0.3) is 0 Å². The predicted octanol–water partition coefficient (Wildman–Crippen LogP) is 4.66. The van der Waals surface area contributed by atoms with Crippen molar-refractivity contribution in [3.8, 4) is 11.4 Å². The molecule has 0 atom stereocenters. The van der Waals surface area contributed by atoms with Gasteiger partial charge in [0.1, 0.15) is 22.5 Å². The Kier molecular flexibility index (Phi) is 7.44. The molecule has 3 aromatic rings. The Hall–Kier alpha value is -2.31. The van der Waals surface area contributed by atoms with E-state index >= 15 is 0 Å². The predicted molar refractivity (Wildman–Crippen MR) is 126 cm³/mol. The number of fused-ring (bicyclic) bond motifs is 1. The monoisotopic (exact) mass is 462 g/mol. The van der Waals surface area contributed by atoms with Gasteiger partial charge in [-0.05, 0) is 35.6 Å². The average Bonchev–Trinajstić information content (AvgIpc) is 3.15. The van der Waals surface area contributed by atoms with E-state index < -0.39 is 0 Å². The van der Waals surface area contributed by atoms with Crippen molar-refractivity contribution in [2.45, 2.75) is 39.0 Å². The van der Waals surface area contributed by atoms with Gasteiger partial charge >= 0.3 is 0 Å². The van der Waals surface area contributed by atoms with E-state index in [0.29, 0.717) is 43.4 Å². The quantitative estimate of drug-likeness (QED) is 0.494. The molecule has 0 bridgehead atoms. The van der Waals surface area contributed by atoms with Gasteiger partial charge in [0.15, 0.2) is 0 Å². The fourth-order valence-electron chi connectivity index (χ4n) is 3.49. The van der Waals surface area contributed by atoms with Crippen LogP contribution in [0.4, 0.5) is 0 Å². The van der Waals surface area contributed by atoms with Crippen LogP contribution >= 0.6 is 23.2 Å². The molecule has 166 valence electrons. The van der Waals surface area contributed by atoms with E-state index in [-0.39, 0.29) is 17.1 Å². The van der Waals surface area contributed by atoms with Gasteiger partial charge in [-0.15, -0.1) is 38.2 Å². The Morgan fingerprint density at radius 2 is 1.65 bits per heavy atom. The first-order valence-electron chi connectivity index (χ1n) is 10.3. The van der Waals surface area contributed by atoms with Gasteiger partial charge in [-0.1, -0.05) is 39.0 Å². The van der Waals surface area contributed by atoms with Crippen LogP contribution in [-0.2, 0) is 16.6 Å². The molecule has 1 aromatic heterocycles. The van der Waals surface area contributed by atoms with E-state index in [1.807, 2.05) is 57.2 Å². The van der Waals surface area contributed by atoms with Gasteiger partial charge < -0.3 is 10.0 Å². The Bertz CT molecular complexity index is 1020. The van der Waals surface area contributed by atoms with Gasteiger partial charge in [0, 0.05) is 36.8 Å². The summed E-state index contributed by atoms with van der Waals surface area (Å²) in [6.45, 7) is 7.07. The van der Waals surface area contributed by atoms with Gasteiger partial charge in [0.2, 0.25) is 5.91 Å². The van der Waals surface area contributed by atoms with Crippen molar-refractivity contribution >= 4 is 40.1 Å². The van der Waals surface area contributed by atoms with E-state index in [1.54, 1.807) is 4.90 Å². The number of amides is 1. The van der Waals surface area contributed by atoms with Crippen LogP contribution < -0.4 is 0 Å². The van der Waals surface area contributed by atoms with Crippen molar-refractivity contribution in [3.05, 3.63) is 47.5 Å². The highest BCUT2D eigenvalue weighted by Gasteiger charge is 2.23. The zero-order valence-corrected chi connectivity index (χ0v) is 19.6. The Morgan fingerprint density at radius 1 is 1.06 bits per heavy atom. The summed E-state index contributed by atoms with van der Waals surface area (Å²) >= 11 is 11.6. The van der Waals surface area contributed by atoms with Gasteiger partial charge in [-0.25, -0.2) is 0 Å². The Balaban J connectivity index is 1.95. The van der Waals surface area contributed by atoms with Crippen molar-refractivity contribution in [2.75, 3.05) is 24.8 Å². The fourth-order valence-corrected chi connectivity index (χ4v) is 3.90. The van der Waals surface area contributed by atoms with Crippen LogP contribution in [0.3, 0.4) is 0 Å². The fraction of sp³-hybridized carbons (Fsp3) is 0.435. The van der Waals surface area contributed by atoms with Crippen LogP contribution in [0.5, 0.6) is 5.75 Å². The molecule has 31 heavy (non-hydrogen) atoms. The number of phenolic OH excluding ortho intramolecular Hbond substituents is 1. The maximum Gasteiger partial charge on any atom is 0.222 e. The molecule has 0 aliphatic heterocycles. The SMILES string of the molecule is CC(C)(C)c1cc(CCC(=O)N(CCCl)CCCl)cc(-n2nc3ccccc3n2)c1O. The molecule has 0 saturated carbocycles. The molecule has 0 aliphatic carbocycles. The minimum atomic E-state index is -0.297. The van der Waals surface area contributed by atoms with Crippen LogP contribution in [0.15, 0.2) is 36.4 Å². The number of aromatic hydroxyl groups is 1. The topological polar surface area (TPSA) is 71.2 Å². The lowest BCUT2D eigenvalue weighted by atomic mass is 9.84. The van der Waals surface area contributed by atoms with Gasteiger partial charge in [-0.2, -0.15) is 0 Å². The lowest BCUT2D eigenvalue weighted by Crippen LogP contribution is -2.34. The third-order valence-corrected chi connectivity index (χ3v) is 5.49. The Labute approximate surface area is 192 Å².